The number of piperidine rings is 1. The number of rotatable bonds is 4. The summed E-state index contributed by atoms with van der Waals surface area (Å²) >= 11 is 1.27. The number of nitrogens with zero attached hydrogens (tertiary/aromatic N) is 2. The maximum Gasteiger partial charge on any atom is 0.416 e. The minimum atomic E-state index is -4.48. The summed E-state index contributed by atoms with van der Waals surface area (Å²) in [6, 6.07) is 4.22. The zero-order valence-electron chi connectivity index (χ0n) is 15.9. The molecule has 1 radical (unpaired) electrons. The van der Waals surface area contributed by atoms with Crippen LogP contribution in [0.5, 0.6) is 0 Å². The van der Waals surface area contributed by atoms with E-state index in [1.165, 1.54) is 17.4 Å². The van der Waals surface area contributed by atoms with E-state index in [4.69, 9.17) is 5.73 Å². The van der Waals surface area contributed by atoms with E-state index in [1.54, 1.807) is 11.0 Å². The van der Waals surface area contributed by atoms with E-state index in [0.717, 1.165) is 30.0 Å². The van der Waals surface area contributed by atoms with E-state index in [0.29, 0.717) is 23.3 Å². The van der Waals surface area contributed by atoms with E-state index in [2.05, 4.69) is 11.9 Å². The number of benzene rings is 1. The summed E-state index contributed by atoms with van der Waals surface area (Å²) in [5, 5.41) is 0.766. The fourth-order valence-corrected chi connectivity index (χ4v) is 5.68. The molecule has 0 bridgehead atoms. The van der Waals surface area contributed by atoms with Gasteiger partial charge in [0.15, 0.2) is 0 Å². The van der Waals surface area contributed by atoms with Crippen molar-refractivity contribution < 1.29 is 22.8 Å². The Kier molecular flexibility index (Phi) is 4.10. The fourth-order valence-electron chi connectivity index (χ4n) is 4.46. The van der Waals surface area contributed by atoms with Crippen molar-refractivity contribution in [2.75, 3.05) is 0 Å². The molecule has 2 heterocycles. The minimum Gasteiger partial charge on any atom is -0.369 e. The van der Waals surface area contributed by atoms with E-state index in [-0.39, 0.29) is 17.7 Å². The molecule has 5 nitrogen and oxygen atoms in total. The van der Waals surface area contributed by atoms with Gasteiger partial charge in [-0.25, -0.2) is 4.98 Å². The van der Waals surface area contributed by atoms with Crippen LogP contribution >= 0.6 is 11.3 Å². The van der Waals surface area contributed by atoms with Crippen LogP contribution in [0.25, 0.3) is 10.4 Å². The van der Waals surface area contributed by atoms with Gasteiger partial charge < -0.3 is 10.6 Å². The molecule has 1 saturated heterocycles. The molecule has 2 saturated carbocycles. The molecule has 2 amide bonds. The number of halogens is 3. The van der Waals surface area contributed by atoms with Gasteiger partial charge in [0.05, 0.1) is 20.9 Å². The number of primary amides is 1. The highest BCUT2D eigenvalue weighted by molar-refractivity contribution is 7.15. The number of aromatic nitrogens is 1. The van der Waals surface area contributed by atoms with Gasteiger partial charge in [-0.2, -0.15) is 13.2 Å². The SMILES string of the molecule is [CH2][C@H]1C[C@@]2(C(N)=O)C[C@@H]2N1C(=O)c1nc(C2CC2)sc1-c1cccc(C(F)(F)F)c1. The summed E-state index contributed by atoms with van der Waals surface area (Å²) in [6.07, 6.45) is -1.67. The number of carbonyl (C=O) groups excluding carboxylic acids is 2. The molecule has 3 aliphatic rings. The molecule has 2 aromatic rings. The lowest BCUT2D eigenvalue weighted by Gasteiger charge is -2.24. The lowest BCUT2D eigenvalue weighted by atomic mass is 10.00. The molecule has 2 aliphatic carbocycles. The average Bonchev–Trinajstić information content (AvgIpc) is 3.58. The van der Waals surface area contributed by atoms with Crippen molar-refractivity contribution in [3.05, 3.63) is 47.5 Å². The van der Waals surface area contributed by atoms with Crippen LogP contribution in [-0.2, 0) is 11.0 Å². The first-order chi connectivity index (χ1) is 14.1. The second-order valence-electron chi connectivity index (χ2n) is 8.39. The molecule has 1 aliphatic heterocycles. The van der Waals surface area contributed by atoms with Crippen molar-refractivity contribution in [1.82, 2.24) is 9.88 Å². The van der Waals surface area contributed by atoms with Crippen LogP contribution in [-0.4, -0.2) is 33.8 Å². The average molecular weight is 434 g/mol. The predicted octanol–water partition coefficient (Wildman–Crippen LogP) is 4.00. The van der Waals surface area contributed by atoms with Crippen molar-refractivity contribution in [2.45, 2.75) is 49.9 Å². The molecule has 2 N–H and O–H groups in total. The van der Waals surface area contributed by atoms with Crippen molar-refractivity contribution in [3.63, 3.8) is 0 Å². The Labute approximate surface area is 175 Å². The van der Waals surface area contributed by atoms with Crippen LogP contribution in [0.2, 0.25) is 0 Å². The molecular weight excluding hydrogens is 415 g/mol. The Morgan fingerprint density at radius 3 is 2.60 bits per heavy atom. The largest absolute Gasteiger partial charge is 0.416 e. The highest BCUT2D eigenvalue weighted by Crippen LogP contribution is 2.59. The van der Waals surface area contributed by atoms with Crippen LogP contribution in [0.4, 0.5) is 13.2 Å². The molecule has 157 valence electrons. The predicted molar refractivity (Wildman–Crippen MR) is 104 cm³/mol. The first-order valence-corrected chi connectivity index (χ1v) is 10.6. The summed E-state index contributed by atoms with van der Waals surface area (Å²) in [6.45, 7) is 4.00. The second-order valence-corrected chi connectivity index (χ2v) is 9.42. The molecule has 0 spiro atoms. The van der Waals surface area contributed by atoms with Gasteiger partial charge in [-0.05, 0) is 50.3 Å². The third kappa shape index (κ3) is 2.93. The molecule has 3 fully saturated rings. The molecule has 0 unspecified atom stereocenters. The third-order valence-corrected chi connectivity index (χ3v) is 7.58. The number of thiazole rings is 1. The van der Waals surface area contributed by atoms with Gasteiger partial charge in [0.25, 0.3) is 5.91 Å². The Hall–Kier alpha value is -2.42. The van der Waals surface area contributed by atoms with Gasteiger partial charge in [0, 0.05) is 18.0 Å². The van der Waals surface area contributed by atoms with E-state index < -0.39 is 35.0 Å². The van der Waals surface area contributed by atoms with E-state index >= 15 is 0 Å². The summed E-state index contributed by atoms with van der Waals surface area (Å²) in [5.74, 6) is -0.580. The molecule has 1 aromatic heterocycles. The highest BCUT2D eigenvalue weighted by atomic mass is 32.1. The topological polar surface area (TPSA) is 76.3 Å². The maximum absolute atomic E-state index is 13.4. The molecular formula is C21H19F3N3O2S. The number of fused-ring (bicyclic) bond motifs is 1. The van der Waals surface area contributed by atoms with Crippen molar-refractivity contribution in [3.8, 4) is 10.4 Å². The number of amides is 2. The Morgan fingerprint density at radius 1 is 1.27 bits per heavy atom. The fraction of sp³-hybridized carbons (Fsp3) is 0.429. The van der Waals surface area contributed by atoms with Gasteiger partial charge >= 0.3 is 6.18 Å². The summed E-state index contributed by atoms with van der Waals surface area (Å²) in [4.78, 5) is 31.8. The van der Waals surface area contributed by atoms with E-state index in [9.17, 15) is 22.8 Å². The lowest BCUT2D eigenvalue weighted by molar-refractivity contribution is -0.137. The lowest BCUT2D eigenvalue weighted by Crippen LogP contribution is -2.37. The number of nitrogens with two attached hydrogens (primary N) is 1. The van der Waals surface area contributed by atoms with Gasteiger partial charge in [-0.3, -0.25) is 9.59 Å². The van der Waals surface area contributed by atoms with Gasteiger partial charge in [0.1, 0.15) is 5.69 Å². The molecule has 30 heavy (non-hydrogen) atoms. The van der Waals surface area contributed by atoms with E-state index in [1.807, 2.05) is 0 Å². The normalized spacial score (nSPS) is 27.8. The van der Waals surface area contributed by atoms with Crippen molar-refractivity contribution in [1.29, 1.82) is 0 Å². The molecule has 3 atom stereocenters. The molecule has 5 rings (SSSR count). The second kappa shape index (κ2) is 6.29. The van der Waals surface area contributed by atoms with Crippen molar-refractivity contribution >= 4 is 23.2 Å². The van der Waals surface area contributed by atoms with Gasteiger partial charge in [0.2, 0.25) is 5.91 Å². The Morgan fingerprint density at radius 2 is 2.00 bits per heavy atom. The minimum absolute atomic E-state index is 0.141. The first-order valence-electron chi connectivity index (χ1n) is 9.76. The number of likely N-dealkylation sites (tertiary alicyclic amines) is 1. The standard InChI is InChI=1S/C21H19F3N3O2S/c1-10-8-20(19(25)29)9-14(20)27(10)18(28)15-16(30-17(26-15)11-5-6-11)12-3-2-4-13(7-12)21(22,23)24/h2-4,7,10-11,14H,1,5-6,8-9H2,(H2,25,29)/t10-,14-,20+/m0/s1. The number of hydrogen-bond acceptors (Lipinski definition) is 4. The van der Waals surface area contributed by atoms with Crippen LogP contribution < -0.4 is 5.73 Å². The Bertz CT molecular complexity index is 1060. The van der Waals surface area contributed by atoms with Crippen LogP contribution in [0.3, 0.4) is 0 Å². The summed E-state index contributed by atoms with van der Waals surface area (Å²) in [5.41, 5.74) is 4.50. The van der Waals surface area contributed by atoms with Crippen LogP contribution in [0.15, 0.2) is 24.3 Å². The molecule has 1 aromatic carbocycles. The zero-order chi connectivity index (χ0) is 21.4. The summed E-state index contributed by atoms with van der Waals surface area (Å²) in [7, 11) is 0. The number of alkyl halides is 3. The maximum atomic E-state index is 13.4. The monoisotopic (exact) mass is 434 g/mol. The number of hydrogen-bond donors (Lipinski definition) is 1. The first kappa shape index (κ1) is 19.5. The highest BCUT2D eigenvalue weighted by Gasteiger charge is 2.68. The quantitative estimate of drug-likeness (QED) is 0.790. The van der Waals surface area contributed by atoms with Gasteiger partial charge in [-0.1, -0.05) is 12.1 Å². The van der Waals surface area contributed by atoms with Crippen molar-refractivity contribution in [2.24, 2.45) is 11.1 Å². The van der Waals surface area contributed by atoms with Crippen LogP contribution in [0, 0.1) is 12.3 Å². The smallest absolute Gasteiger partial charge is 0.369 e. The zero-order valence-corrected chi connectivity index (χ0v) is 16.7. The Balaban J connectivity index is 1.55. The summed E-state index contributed by atoms with van der Waals surface area (Å²) < 4.78 is 39.7. The molecule has 9 heteroatoms. The van der Waals surface area contributed by atoms with Gasteiger partial charge in [-0.15, -0.1) is 11.3 Å². The number of carbonyl (C=O) groups is 2. The van der Waals surface area contributed by atoms with Crippen LogP contribution in [0.1, 0.15) is 52.7 Å². The third-order valence-electron chi connectivity index (χ3n) is 6.31.